The molecule has 0 amide bonds. The first kappa shape index (κ1) is 86.4. The average molecular weight is 1640 g/mol. The SMILES string of the molecule is C.C.C.C.C.CC(C)(C)c1cc2c3c(c1)Oc1cccc4c1B3c1c(cccc1O2)O4.CC(C)(C)c1cc2c3c(c1)Oc1ccccc1B3c1ccccc1O2.CC(C)(C)c1cc2c3ccccc3n3c4ccccc4c(c1)c23.CC(C)(C)c1ccc2c(c1)-c1ccccc1-c1ccccc1-c1ccccc1-2.CC(C)(C)c1cccc2c1sc1ccccc12. The summed E-state index contributed by atoms with van der Waals surface area (Å²) in [5, 5.41) is 8.24. The molecule has 5 aliphatic heterocycles. The van der Waals surface area contributed by atoms with Crippen LogP contribution in [0.4, 0.5) is 0 Å². The molecule has 0 saturated heterocycles. The summed E-state index contributed by atoms with van der Waals surface area (Å²) in [6.07, 6.45) is 0. The van der Waals surface area contributed by atoms with E-state index in [0.29, 0.717) is 0 Å². The molecular weight excluding hydrogens is 1530 g/mol. The zero-order chi connectivity index (χ0) is 81.9. The number of para-hydroxylation sites is 4. The number of benzene rings is 15. The Morgan fingerprint density at radius 2 is 0.548 bits per heavy atom. The van der Waals surface area contributed by atoms with E-state index in [4.69, 9.17) is 23.7 Å². The molecule has 6 nitrogen and oxygen atoms in total. The first-order valence-electron chi connectivity index (χ1n) is 41.9. The lowest BCUT2D eigenvalue weighted by molar-refractivity contribution is 0.439. The maximum absolute atomic E-state index is 6.33. The fourth-order valence-corrected chi connectivity index (χ4v) is 20.0. The quantitative estimate of drug-likeness (QED) is 0.142. The third-order valence-electron chi connectivity index (χ3n) is 24.8. The van der Waals surface area contributed by atoms with Crippen LogP contribution in [0.1, 0.15) is 169 Å². The van der Waals surface area contributed by atoms with Gasteiger partial charge in [-0.3, -0.25) is 0 Å². The Bertz CT molecular complexity index is 6910. The summed E-state index contributed by atoms with van der Waals surface area (Å²) < 4.78 is 36.7. The van der Waals surface area contributed by atoms with Crippen molar-refractivity contribution in [3.63, 3.8) is 0 Å². The van der Waals surface area contributed by atoms with Gasteiger partial charge in [-0.05, 0) is 207 Å². The highest BCUT2D eigenvalue weighted by Crippen LogP contribution is 2.51. The van der Waals surface area contributed by atoms with E-state index in [0.717, 1.165) is 79.3 Å². The summed E-state index contributed by atoms with van der Waals surface area (Å²) >= 11 is 1.92. The van der Waals surface area contributed by atoms with E-state index in [-0.39, 0.29) is 77.6 Å². The number of aromatic nitrogens is 1. The van der Waals surface area contributed by atoms with Crippen molar-refractivity contribution in [1.29, 1.82) is 0 Å². The van der Waals surface area contributed by atoms with Crippen LogP contribution < -0.4 is 56.5 Å². The second-order valence-electron chi connectivity index (χ2n) is 37.8. The Hall–Kier alpha value is -12.6. The van der Waals surface area contributed by atoms with Gasteiger partial charge in [-0.2, -0.15) is 0 Å². The molecule has 3 aromatic heterocycles. The summed E-state index contributed by atoms with van der Waals surface area (Å²) in [7, 11) is 0. The maximum atomic E-state index is 6.33. The van der Waals surface area contributed by atoms with Crippen molar-refractivity contribution in [3.05, 3.63) is 331 Å². The lowest BCUT2D eigenvalue weighted by Crippen LogP contribution is -2.59. The highest BCUT2D eigenvalue weighted by atomic mass is 32.1. The summed E-state index contributed by atoms with van der Waals surface area (Å²) in [5.74, 6) is 8.99. The molecule has 6 aliphatic rings. The van der Waals surface area contributed by atoms with Gasteiger partial charge in [0.2, 0.25) is 0 Å². The largest absolute Gasteiger partial charge is 0.458 e. The minimum Gasteiger partial charge on any atom is -0.458 e. The Morgan fingerprint density at radius 3 is 0.976 bits per heavy atom. The minimum absolute atomic E-state index is 0. The van der Waals surface area contributed by atoms with Crippen LogP contribution in [0.3, 0.4) is 0 Å². The van der Waals surface area contributed by atoms with Crippen LogP contribution in [0, 0.1) is 0 Å². The lowest BCUT2D eigenvalue weighted by atomic mass is 9.34. The zero-order valence-electron chi connectivity index (χ0n) is 70.4. The fraction of sp³-hybridized carbons (Fsp3) is 0.217. The smallest absolute Gasteiger partial charge is 0.270 e. The third kappa shape index (κ3) is 14.6. The molecule has 622 valence electrons. The van der Waals surface area contributed by atoms with Gasteiger partial charge in [-0.1, -0.05) is 347 Å². The van der Waals surface area contributed by atoms with Crippen molar-refractivity contribution < 1.29 is 23.7 Å². The van der Waals surface area contributed by atoms with Gasteiger partial charge in [0.05, 0.1) is 16.6 Å². The molecule has 124 heavy (non-hydrogen) atoms. The van der Waals surface area contributed by atoms with Crippen molar-refractivity contribution in [1.82, 2.24) is 4.40 Å². The normalized spacial score (nSPS) is 12.8. The van der Waals surface area contributed by atoms with Crippen molar-refractivity contribution in [2.75, 3.05) is 0 Å². The molecule has 9 heteroatoms. The number of fused-ring (bicyclic) bond motifs is 21. The van der Waals surface area contributed by atoms with Gasteiger partial charge in [0.15, 0.2) is 0 Å². The molecule has 0 radical (unpaired) electrons. The highest BCUT2D eigenvalue weighted by molar-refractivity contribution is 7.26. The lowest BCUT2D eigenvalue weighted by Gasteiger charge is -2.38. The number of rotatable bonds is 0. The molecule has 18 aromatic rings. The molecule has 0 fully saturated rings. The van der Waals surface area contributed by atoms with E-state index in [1.54, 1.807) is 0 Å². The third-order valence-corrected chi connectivity index (χ3v) is 26.0. The second-order valence-corrected chi connectivity index (χ2v) is 38.8. The summed E-state index contributed by atoms with van der Waals surface area (Å²) in [6.45, 7) is 34.1. The van der Waals surface area contributed by atoms with E-state index in [9.17, 15) is 0 Å². The maximum Gasteiger partial charge on any atom is 0.270 e. The van der Waals surface area contributed by atoms with Crippen molar-refractivity contribution in [2.45, 2.75) is 168 Å². The van der Waals surface area contributed by atoms with E-state index in [2.05, 4.69) is 363 Å². The van der Waals surface area contributed by atoms with Crippen molar-refractivity contribution in [3.8, 4) is 102 Å². The fourth-order valence-electron chi connectivity index (χ4n) is 18.6. The molecule has 0 N–H and O–H groups in total. The van der Waals surface area contributed by atoms with E-state index >= 15 is 0 Å². The van der Waals surface area contributed by atoms with E-state index < -0.39 is 0 Å². The van der Waals surface area contributed by atoms with Crippen LogP contribution in [0.25, 0.3) is 103 Å². The zero-order valence-corrected chi connectivity index (χ0v) is 71.2. The van der Waals surface area contributed by atoms with Gasteiger partial charge >= 0.3 is 0 Å². The second kappa shape index (κ2) is 32.3. The van der Waals surface area contributed by atoms with Crippen LogP contribution in [0.2, 0.25) is 0 Å². The van der Waals surface area contributed by atoms with Crippen LogP contribution >= 0.6 is 11.3 Å². The molecular formula is C115H115B2NO5S. The van der Waals surface area contributed by atoms with E-state index in [1.807, 2.05) is 59.9 Å². The molecule has 0 unspecified atom stereocenters. The van der Waals surface area contributed by atoms with Crippen LogP contribution in [0.5, 0.6) is 57.5 Å². The standard InChI is InChI=1S/C28H24.C22H17BO3.C22H19BO2.C22H19N.C16H16S.5CH4/c1-28(2,3)19-16-17-26-24-14-7-6-12-22(24)20-10-4-5-11-21(20)23-13-8-9-15-25(23)27(26)18-19;1-22(2,3)12-10-17-21-18(11-12)26-16-9-5-7-14-20(16)23(21)19-13(24-14)6-4-8-15(19)25-17;1-22(2,3)14-12-19-21-20(13-14)25-18-11-7-5-9-16(18)23(21)15-8-4-6-10-17(15)24-19;1-22(2,3)14-12-17-15-8-4-6-10-19(15)23-20-11-7-5-9-16(20)18(13-14)21(17)23;1-16(2,3)13-9-6-8-12-11-7-4-5-10-14(11)17-15(12)13;;;;;/h4-18H,1-3H3;4-11H,1-3H3;4-13H,1-3H3;4-13H,1-3H3;4-10H,1-3H3;5*1H4. The minimum atomic E-state index is 0. The monoisotopic (exact) mass is 1640 g/mol. The first-order valence-corrected chi connectivity index (χ1v) is 42.7. The van der Waals surface area contributed by atoms with E-state index in [1.165, 1.54) is 142 Å². The predicted octanol–water partition coefficient (Wildman–Crippen LogP) is 30.2. The topological polar surface area (TPSA) is 50.6 Å². The molecule has 24 rings (SSSR count). The molecule has 15 aromatic carbocycles. The van der Waals surface area contributed by atoms with Crippen LogP contribution in [-0.4, -0.2) is 17.8 Å². The van der Waals surface area contributed by atoms with Crippen LogP contribution in [0.15, 0.2) is 303 Å². The summed E-state index contributed by atoms with van der Waals surface area (Å²) in [4.78, 5) is 0. The number of hydrogen-bond acceptors (Lipinski definition) is 6. The first-order chi connectivity index (χ1) is 57.2. The van der Waals surface area contributed by atoms with Gasteiger partial charge in [0.25, 0.3) is 13.4 Å². The van der Waals surface area contributed by atoms with Crippen molar-refractivity contribution in [2.24, 2.45) is 0 Å². The Labute approximate surface area is 740 Å². The molecule has 1 aliphatic carbocycles. The predicted molar refractivity (Wildman–Crippen MR) is 538 cm³/mol. The molecule has 0 bridgehead atoms. The van der Waals surface area contributed by atoms with Crippen LogP contribution in [-0.2, 0) is 27.1 Å². The van der Waals surface area contributed by atoms with Gasteiger partial charge < -0.3 is 28.1 Å². The number of thiophene rings is 1. The van der Waals surface area contributed by atoms with Crippen molar-refractivity contribution >= 4 is 116 Å². The number of hydrogen-bond donors (Lipinski definition) is 0. The van der Waals surface area contributed by atoms with Gasteiger partial charge in [0.1, 0.15) is 57.5 Å². The Kier molecular flexibility index (Phi) is 22.5. The van der Waals surface area contributed by atoms with Gasteiger partial charge in [0, 0.05) is 63.6 Å². The molecule has 0 saturated carbocycles. The molecule has 0 atom stereocenters. The number of nitrogens with zero attached hydrogens (tertiary/aromatic N) is 1. The van der Waals surface area contributed by atoms with Gasteiger partial charge in [-0.25, -0.2) is 0 Å². The molecule has 8 heterocycles. The Balaban J connectivity index is 0.000000120. The Morgan fingerprint density at radius 1 is 0.234 bits per heavy atom. The molecule has 0 spiro atoms. The summed E-state index contributed by atoms with van der Waals surface area (Å²) in [6, 6.07) is 109. The highest BCUT2D eigenvalue weighted by Gasteiger charge is 2.47. The summed E-state index contributed by atoms with van der Waals surface area (Å²) in [5.41, 5.74) is 28.5. The average Bonchev–Trinajstić information content (AvgIpc) is 0.738. The van der Waals surface area contributed by atoms with Gasteiger partial charge in [-0.15, -0.1) is 11.3 Å². The number of ether oxygens (including phenoxy) is 5.